The largest absolute Gasteiger partial charge is 0.326 e. The predicted molar refractivity (Wildman–Crippen MR) is 99.4 cm³/mol. The average molecular weight is 408 g/mol. The minimum atomic E-state index is -0.375. The van der Waals surface area contributed by atoms with Gasteiger partial charge in [0.25, 0.3) is 0 Å². The molecular formula is C18H16BrClN2O2. The summed E-state index contributed by atoms with van der Waals surface area (Å²) < 4.78 is 0.990. The van der Waals surface area contributed by atoms with Crippen molar-refractivity contribution in [2.75, 3.05) is 16.8 Å². The van der Waals surface area contributed by atoms with Gasteiger partial charge in [-0.2, -0.15) is 0 Å². The van der Waals surface area contributed by atoms with E-state index in [1.165, 1.54) is 0 Å². The predicted octanol–water partition coefficient (Wildman–Crippen LogP) is 4.40. The molecule has 1 heterocycles. The Morgan fingerprint density at radius 1 is 1.29 bits per heavy atom. The Labute approximate surface area is 153 Å². The van der Waals surface area contributed by atoms with Crippen LogP contribution in [0.1, 0.15) is 12.0 Å². The van der Waals surface area contributed by atoms with Gasteiger partial charge in [-0.1, -0.05) is 33.6 Å². The minimum Gasteiger partial charge on any atom is -0.326 e. The van der Waals surface area contributed by atoms with Crippen LogP contribution in [0.15, 0.2) is 46.9 Å². The first kappa shape index (κ1) is 17.0. The van der Waals surface area contributed by atoms with Crippen LogP contribution in [0.4, 0.5) is 11.4 Å². The second-order valence-corrected chi connectivity index (χ2v) is 7.13. The summed E-state index contributed by atoms with van der Waals surface area (Å²) in [4.78, 5) is 26.3. The van der Waals surface area contributed by atoms with Crippen LogP contribution < -0.4 is 10.2 Å². The van der Waals surface area contributed by atoms with E-state index in [0.717, 1.165) is 21.4 Å². The molecular weight excluding hydrogens is 392 g/mol. The van der Waals surface area contributed by atoms with E-state index in [1.807, 2.05) is 31.2 Å². The number of aryl methyl sites for hydroxylation is 1. The van der Waals surface area contributed by atoms with Crippen LogP contribution in [0.3, 0.4) is 0 Å². The molecule has 0 aliphatic carbocycles. The van der Waals surface area contributed by atoms with Crippen LogP contribution in [0.2, 0.25) is 5.02 Å². The number of nitrogens with zero attached hydrogens (tertiary/aromatic N) is 1. The molecule has 1 aliphatic rings. The van der Waals surface area contributed by atoms with E-state index < -0.39 is 0 Å². The summed E-state index contributed by atoms with van der Waals surface area (Å²) in [6.07, 6.45) is 0.202. The fourth-order valence-corrected chi connectivity index (χ4v) is 3.17. The summed E-state index contributed by atoms with van der Waals surface area (Å²) in [5.41, 5.74) is 2.49. The van der Waals surface area contributed by atoms with Gasteiger partial charge in [0.15, 0.2) is 0 Å². The molecule has 2 aromatic carbocycles. The van der Waals surface area contributed by atoms with Crippen molar-refractivity contribution >= 4 is 50.7 Å². The van der Waals surface area contributed by atoms with Crippen molar-refractivity contribution in [2.24, 2.45) is 5.92 Å². The molecule has 3 rings (SSSR count). The van der Waals surface area contributed by atoms with E-state index in [2.05, 4.69) is 21.2 Å². The fourth-order valence-electron chi connectivity index (χ4n) is 2.74. The monoisotopic (exact) mass is 406 g/mol. The first-order valence-corrected chi connectivity index (χ1v) is 8.74. The molecule has 0 radical (unpaired) electrons. The molecule has 4 nitrogen and oxygen atoms in total. The topological polar surface area (TPSA) is 49.4 Å². The third-order valence-corrected chi connectivity index (χ3v) is 5.17. The Kier molecular flexibility index (Phi) is 4.92. The van der Waals surface area contributed by atoms with E-state index in [-0.39, 0.29) is 24.2 Å². The summed E-state index contributed by atoms with van der Waals surface area (Å²) in [5.74, 6) is -0.584. The molecule has 2 aromatic rings. The van der Waals surface area contributed by atoms with Gasteiger partial charge in [-0.25, -0.2) is 0 Å². The van der Waals surface area contributed by atoms with Crippen LogP contribution in [0, 0.1) is 12.8 Å². The van der Waals surface area contributed by atoms with Crippen LogP contribution in [0.25, 0.3) is 0 Å². The number of halogens is 2. The number of anilines is 2. The van der Waals surface area contributed by atoms with Gasteiger partial charge in [0.2, 0.25) is 11.8 Å². The smallest absolute Gasteiger partial charge is 0.229 e. The van der Waals surface area contributed by atoms with Crippen LogP contribution >= 0.6 is 27.5 Å². The zero-order chi connectivity index (χ0) is 17.3. The van der Waals surface area contributed by atoms with Crippen molar-refractivity contribution < 1.29 is 9.59 Å². The lowest BCUT2D eigenvalue weighted by Gasteiger charge is -2.17. The number of carbonyl (C=O) groups excluding carboxylic acids is 2. The Balaban J connectivity index is 1.70. The van der Waals surface area contributed by atoms with Crippen LogP contribution in [-0.2, 0) is 9.59 Å². The second-order valence-electron chi connectivity index (χ2n) is 5.84. The summed E-state index contributed by atoms with van der Waals surface area (Å²) in [6.45, 7) is 2.32. The van der Waals surface area contributed by atoms with Gasteiger partial charge in [-0.3, -0.25) is 9.59 Å². The quantitative estimate of drug-likeness (QED) is 0.819. The SMILES string of the molecule is Cc1cc(NC(=O)[C@@H]2CC(=O)N(c3cccc(Cl)c3)C2)ccc1Br. The van der Waals surface area contributed by atoms with Crippen molar-refractivity contribution in [3.8, 4) is 0 Å². The molecule has 0 saturated carbocycles. The number of amides is 2. The maximum Gasteiger partial charge on any atom is 0.229 e. The molecule has 2 amide bonds. The van der Waals surface area contributed by atoms with Gasteiger partial charge >= 0.3 is 0 Å². The number of hydrogen-bond acceptors (Lipinski definition) is 2. The molecule has 0 spiro atoms. The zero-order valence-electron chi connectivity index (χ0n) is 13.1. The molecule has 0 bridgehead atoms. The number of benzene rings is 2. The number of carbonyl (C=O) groups is 2. The highest BCUT2D eigenvalue weighted by molar-refractivity contribution is 9.10. The van der Waals surface area contributed by atoms with Crippen LogP contribution in [-0.4, -0.2) is 18.4 Å². The summed E-state index contributed by atoms with van der Waals surface area (Å²) in [7, 11) is 0. The van der Waals surface area contributed by atoms with Gasteiger partial charge in [0, 0.05) is 33.8 Å². The summed E-state index contributed by atoms with van der Waals surface area (Å²) in [6, 6.07) is 12.7. The minimum absolute atomic E-state index is 0.0654. The number of hydrogen-bond donors (Lipinski definition) is 1. The lowest BCUT2D eigenvalue weighted by Crippen LogP contribution is -2.28. The molecule has 124 valence electrons. The van der Waals surface area contributed by atoms with Crippen molar-refractivity contribution in [2.45, 2.75) is 13.3 Å². The maximum atomic E-state index is 12.5. The normalized spacial score (nSPS) is 17.2. The maximum absolute atomic E-state index is 12.5. The molecule has 1 atom stereocenters. The van der Waals surface area contributed by atoms with E-state index in [4.69, 9.17) is 11.6 Å². The third kappa shape index (κ3) is 3.62. The summed E-state index contributed by atoms with van der Waals surface area (Å²) >= 11 is 9.42. The molecule has 1 aliphatic heterocycles. The first-order valence-electron chi connectivity index (χ1n) is 7.57. The molecule has 1 saturated heterocycles. The lowest BCUT2D eigenvalue weighted by molar-refractivity contribution is -0.122. The Hall–Kier alpha value is -1.85. The second kappa shape index (κ2) is 6.95. The van der Waals surface area contributed by atoms with E-state index in [1.54, 1.807) is 23.1 Å². The third-order valence-electron chi connectivity index (χ3n) is 4.04. The average Bonchev–Trinajstić information content (AvgIpc) is 2.93. The van der Waals surface area contributed by atoms with Crippen molar-refractivity contribution in [1.82, 2.24) is 0 Å². The molecule has 1 fully saturated rings. The molecule has 1 N–H and O–H groups in total. The van der Waals surface area contributed by atoms with E-state index in [0.29, 0.717) is 11.6 Å². The highest BCUT2D eigenvalue weighted by Crippen LogP contribution is 2.28. The van der Waals surface area contributed by atoms with Gasteiger partial charge in [0.05, 0.1) is 5.92 Å². The first-order chi connectivity index (χ1) is 11.4. The molecule has 0 unspecified atom stereocenters. The lowest BCUT2D eigenvalue weighted by atomic mass is 10.1. The van der Waals surface area contributed by atoms with Crippen molar-refractivity contribution in [3.05, 3.63) is 57.5 Å². The van der Waals surface area contributed by atoms with E-state index in [9.17, 15) is 9.59 Å². The Morgan fingerprint density at radius 3 is 2.79 bits per heavy atom. The van der Waals surface area contributed by atoms with Crippen LogP contribution in [0.5, 0.6) is 0 Å². The Bertz CT molecular complexity index is 809. The fraction of sp³-hybridized carbons (Fsp3) is 0.222. The number of nitrogens with one attached hydrogen (secondary N) is 1. The van der Waals surface area contributed by atoms with Gasteiger partial charge < -0.3 is 10.2 Å². The molecule has 24 heavy (non-hydrogen) atoms. The Morgan fingerprint density at radius 2 is 2.08 bits per heavy atom. The van der Waals surface area contributed by atoms with Crippen molar-refractivity contribution in [1.29, 1.82) is 0 Å². The molecule has 0 aromatic heterocycles. The summed E-state index contributed by atoms with van der Waals surface area (Å²) in [5, 5.41) is 3.46. The molecule has 6 heteroatoms. The highest BCUT2D eigenvalue weighted by Gasteiger charge is 2.35. The highest BCUT2D eigenvalue weighted by atomic mass is 79.9. The zero-order valence-corrected chi connectivity index (χ0v) is 15.4. The van der Waals surface area contributed by atoms with Gasteiger partial charge in [-0.15, -0.1) is 0 Å². The van der Waals surface area contributed by atoms with E-state index >= 15 is 0 Å². The number of rotatable bonds is 3. The standard InChI is InChI=1S/C18H16BrClN2O2/c1-11-7-14(5-6-16(11)19)21-18(24)12-8-17(23)22(10-12)15-4-2-3-13(20)9-15/h2-7,9,12H,8,10H2,1H3,(H,21,24)/t12-/m1/s1. The van der Waals surface area contributed by atoms with Crippen molar-refractivity contribution in [3.63, 3.8) is 0 Å². The van der Waals surface area contributed by atoms with Gasteiger partial charge in [-0.05, 0) is 48.9 Å². The van der Waals surface area contributed by atoms with Gasteiger partial charge in [0.1, 0.15) is 0 Å².